The van der Waals surface area contributed by atoms with Gasteiger partial charge < -0.3 is 4.74 Å². The van der Waals surface area contributed by atoms with Crippen LogP contribution in [0.2, 0.25) is 0 Å². The molecule has 0 atom stereocenters. The van der Waals surface area contributed by atoms with Crippen molar-refractivity contribution >= 4 is 20.9 Å². The van der Waals surface area contributed by atoms with Crippen LogP contribution in [-0.2, 0) is 10.0 Å². The number of aromatic nitrogens is 1. The molecule has 0 saturated carbocycles. The van der Waals surface area contributed by atoms with Crippen LogP contribution in [0.4, 0.5) is 0 Å². The van der Waals surface area contributed by atoms with Crippen LogP contribution in [0, 0.1) is 0 Å². The number of hydrogen-bond acceptors (Lipinski definition) is 3. The molecule has 2 aromatic carbocycles. The van der Waals surface area contributed by atoms with Gasteiger partial charge in [-0.1, -0.05) is 24.3 Å². The van der Waals surface area contributed by atoms with Crippen molar-refractivity contribution in [1.29, 1.82) is 0 Å². The maximum atomic E-state index is 12.7. The monoisotopic (exact) mass is 301 g/mol. The summed E-state index contributed by atoms with van der Waals surface area (Å²) in [7, 11) is -3.59. The summed E-state index contributed by atoms with van der Waals surface area (Å²) in [5.74, 6) is 0.692. The number of fused-ring (bicyclic) bond motifs is 1. The minimum atomic E-state index is -3.59. The van der Waals surface area contributed by atoms with Gasteiger partial charge in [0.25, 0.3) is 10.0 Å². The first-order valence-electron chi connectivity index (χ1n) is 6.68. The lowest BCUT2D eigenvalue weighted by Gasteiger charge is -2.09. The van der Waals surface area contributed by atoms with E-state index in [1.54, 1.807) is 54.7 Å². The molecule has 4 nitrogen and oxygen atoms in total. The first kappa shape index (κ1) is 13.7. The molecule has 0 saturated heterocycles. The molecule has 0 unspecified atom stereocenters. The second kappa shape index (κ2) is 5.26. The fourth-order valence-corrected chi connectivity index (χ4v) is 3.68. The lowest BCUT2D eigenvalue weighted by atomic mass is 10.2. The van der Waals surface area contributed by atoms with Gasteiger partial charge in [-0.2, -0.15) is 0 Å². The largest absolute Gasteiger partial charge is 0.493 e. The van der Waals surface area contributed by atoms with E-state index < -0.39 is 10.0 Å². The third kappa shape index (κ3) is 2.29. The molecular formula is C16H15NO3S. The van der Waals surface area contributed by atoms with Crippen LogP contribution in [0.5, 0.6) is 5.75 Å². The van der Waals surface area contributed by atoms with Gasteiger partial charge in [0.2, 0.25) is 0 Å². The third-order valence-electron chi connectivity index (χ3n) is 3.26. The highest BCUT2D eigenvalue weighted by molar-refractivity contribution is 7.90. The Morgan fingerprint density at radius 3 is 2.48 bits per heavy atom. The van der Waals surface area contributed by atoms with Crippen LogP contribution in [0.15, 0.2) is 65.7 Å². The topological polar surface area (TPSA) is 48.3 Å². The summed E-state index contributed by atoms with van der Waals surface area (Å²) in [5, 5.41) is 0.791. The van der Waals surface area contributed by atoms with E-state index in [2.05, 4.69) is 0 Å². The first-order valence-corrected chi connectivity index (χ1v) is 8.12. The third-order valence-corrected chi connectivity index (χ3v) is 4.96. The minimum Gasteiger partial charge on any atom is -0.493 e. The maximum absolute atomic E-state index is 12.7. The molecule has 0 amide bonds. The van der Waals surface area contributed by atoms with E-state index in [0.29, 0.717) is 17.9 Å². The first-order chi connectivity index (χ1) is 10.1. The van der Waals surface area contributed by atoms with Crippen LogP contribution in [0.25, 0.3) is 10.9 Å². The Kier molecular flexibility index (Phi) is 3.43. The molecule has 0 aliphatic heterocycles. The lowest BCUT2D eigenvalue weighted by Crippen LogP contribution is -2.11. The molecule has 21 heavy (non-hydrogen) atoms. The highest BCUT2D eigenvalue weighted by Gasteiger charge is 2.19. The molecule has 0 radical (unpaired) electrons. The smallest absolute Gasteiger partial charge is 0.268 e. The van der Waals surface area contributed by atoms with Crippen molar-refractivity contribution in [3.8, 4) is 5.75 Å². The number of nitrogens with zero attached hydrogens (tertiary/aromatic N) is 1. The predicted molar refractivity (Wildman–Crippen MR) is 82.1 cm³/mol. The van der Waals surface area contributed by atoms with Crippen molar-refractivity contribution in [1.82, 2.24) is 3.97 Å². The Balaban J connectivity index is 2.20. The second-order valence-corrected chi connectivity index (χ2v) is 6.37. The average molecular weight is 301 g/mol. The second-order valence-electron chi connectivity index (χ2n) is 4.55. The summed E-state index contributed by atoms with van der Waals surface area (Å²) >= 11 is 0. The fourth-order valence-electron chi connectivity index (χ4n) is 2.31. The summed E-state index contributed by atoms with van der Waals surface area (Å²) in [6.45, 7) is 2.44. The molecule has 0 spiro atoms. The van der Waals surface area contributed by atoms with Crippen LogP contribution in [0.1, 0.15) is 6.92 Å². The molecule has 0 aliphatic rings. The molecule has 3 rings (SSSR count). The van der Waals surface area contributed by atoms with Gasteiger partial charge in [-0.25, -0.2) is 12.4 Å². The van der Waals surface area contributed by atoms with E-state index in [4.69, 9.17) is 4.74 Å². The van der Waals surface area contributed by atoms with Crippen molar-refractivity contribution in [2.75, 3.05) is 6.61 Å². The normalized spacial score (nSPS) is 11.7. The van der Waals surface area contributed by atoms with Crippen molar-refractivity contribution in [2.45, 2.75) is 11.8 Å². The zero-order valence-electron chi connectivity index (χ0n) is 11.6. The van der Waals surface area contributed by atoms with Gasteiger partial charge in [-0.05, 0) is 37.3 Å². The number of ether oxygens (including phenoxy) is 1. The van der Waals surface area contributed by atoms with E-state index in [1.807, 2.05) is 13.0 Å². The van der Waals surface area contributed by atoms with Crippen LogP contribution >= 0.6 is 0 Å². The highest BCUT2D eigenvalue weighted by atomic mass is 32.2. The zero-order chi connectivity index (χ0) is 14.9. The number of benzene rings is 2. The Bertz CT molecular complexity index is 867. The van der Waals surface area contributed by atoms with E-state index in [9.17, 15) is 8.42 Å². The standard InChI is InChI=1S/C16H15NO3S/c1-2-20-16-10-6-9-15-14(16)11-12-17(15)21(18,19)13-7-4-3-5-8-13/h3-12H,2H2,1H3. The van der Waals surface area contributed by atoms with E-state index in [0.717, 1.165) is 5.39 Å². The number of hydrogen-bond donors (Lipinski definition) is 0. The van der Waals surface area contributed by atoms with Crippen LogP contribution in [0.3, 0.4) is 0 Å². The van der Waals surface area contributed by atoms with Gasteiger partial charge in [0.1, 0.15) is 5.75 Å². The van der Waals surface area contributed by atoms with Crippen molar-refractivity contribution in [2.24, 2.45) is 0 Å². The molecule has 0 fully saturated rings. The summed E-state index contributed by atoms with van der Waals surface area (Å²) in [6.07, 6.45) is 1.56. The fraction of sp³-hybridized carbons (Fsp3) is 0.125. The molecule has 1 heterocycles. The van der Waals surface area contributed by atoms with E-state index in [-0.39, 0.29) is 4.90 Å². The van der Waals surface area contributed by atoms with E-state index in [1.165, 1.54) is 3.97 Å². The van der Waals surface area contributed by atoms with Crippen LogP contribution < -0.4 is 4.74 Å². The summed E-state index contributed by atoms with van der Waals surface area (Å²) in [6, 6.07) is 15.6. The maximum Gasteiger partial charge on any atom is 0.268 e. The predicted octanol–water partition coefficient (Wildman–Crippen LogP) is 3.28. The quantitative estimate of drug-likeness (QED) is 0.743. The Morgan fingerprint density at radius 1 is 1.00 bits per heavy atom. The van der Waals surface area contributed by atoms with Crippen molar-refractivity contribution in [3.05, 3.63) is 60.8 Å². The average Bonchev–Trinajstić information content (AvgIpc) is 2.94. The summed E-state index contributed by atoms with van der Waals surface area (Å²) in [5.41, 5.74) is 0.616. The van der Waals surface area contributed by atoms with Gasteiger partial charge in [-0.3, -0.25) is 0 Å². The summed E-state index contributed by atoms with van der Waals surface area (Å²) in [4.78, 5) is 0.268. The molecule has 5 heteroatoms. The Morgan fingerprint density at radius 2 is 1.76 bits per heavy atom. The van der Waals surface area contributed by atoms with Gasteiger partial charge >= 0.3 is 0 Å². The van der Waals surface area contributed by atoms with Gasteiger partial charge in [-0.15, -0.1) is 0 Å². The Labute approximate surface area is 123 Å². The lowest BCUT2D eigenvalue weighted by molar-refractivity contribution is 0.344. The molecule has 1 aromatic heterocycles. The molecule has 108 valence electrons. The van der Waals surface area contributed by atoms with Crippen LogP contribution in [-0.4, -0.2) is 19.0 Å². The highest BCUT2D eigenvalue weighted by Crippen LogP contribution is 2.29. The minimum absolute atomic E-state index is 0.268. The molecular weight excluding hydrogens is 286 g/mol. The zero-order valence-corrected chi connectivity index (χ0v) is 12.4. The van der Waals surface area contributed by atoms with Crippen molar-refractivity contribution in [3.63, 3.8) is 0 Å². The van der Waals surface area contributed by atoms with Gasteiger partial charge in [0, 0.05) is 11.6 Å². The SMILES string of the molecule is CCOc1cccc2c1ccn2S(=O)(=O)c1ccccc1. The Hall–Kier alpha value is -2.27. The molecule has 3 aromatic rings. The van der Waals surface area contributed by atoms with Gasteiger partial charge in [0.05, 0.1) is 17.0 Å². The summed E-state index contributed by atoms with van der Waals surface area (Å²) < 4.78 is 32.2. The van der Waals surface area contributed by atoms with E-state index >= 15 is 0 Å². The van der Waals surface area contributed by atoms with Crippen molar-refractivity contribution < 1.29 is 13.2 Å². The number of rotatable bonds is 4. The van der Waals surface area contributed by atoms with Gasteiger partial charge in [0.15, 0.2) is 0 Å². The molecule has 0 bridgehead atoms. The molecule has 0 N–H and O–H groups in total. The molecule has 0 aliphatic carbocycles.